The molecule has 1 aromatic rings. The number of quaternary nitrogens is 1. The molecule has 21 heavy (non-hydrogen) atoms. The third-order valence-electron chi connectivity index (χ3n) is 4.21. The highest BCUT2D eigenvalue weighted by molar-refractivity contribution is 7.99. The van der Waals surface area contributed by atoms with Gasteiger partial charge in [0.15, 0.2) is 5.16 Å². The number of nitrogens with one attached hydrogen (secondary N) is 1. The Hall–Kier alpha value is -1.08. The lowest BCUT2D eigenvalue weighted by atomic mass is 10.2. The van der Waals surface area contributed by atoms with E-state index in [1.54, 1.807) is 23.9 Å². The third kappa shape index (κ3) is 3.97. The lowest BCUT2D eigenvalue weighted by Gasteiger charge is -2.21. The van der Waals surface area contributed by atoms with Gasteiger partial charge in [-0.1, -0.05) is 11.8 Å². The number of thioether (sulfide) groups is 1. The second-order valence-corrected chi connectivity index (χ2v) is 6.76. The number of rotatable bonds is 6. The Bertz CT molecular complexity index is 488. The first-order valence-corrected chi connectivity index (χ1v) is 8.58. The van der Waals surface area contributed by atoms with Crippen molar-refractivity contribution in [2.45, 2.75) is 44.4 Å². The molecule has 7 heteroatoms. The van der Waals surface area contributed by atoms with Crippen LogP contribution in [0.5, 0.6) is 0 Å². The van der Waals surface area contributed by atoms with Crippen molar-refractivity contribution in [3.63, 3.8) is 0 Å². The summed E-state index contributed by atoms with van der Waals surface area (Å²) < 4.78 is 2.18. The van der Waals surface area contributed by atoms with Gasteiger partial charge in [-0.05, 0) is 13.8 Å². The number of hydrogen-bond acceptors (Lipinski definition) is 4. The Balaban J connectivity index is 2.02. The first kappa shape index (κ1) is 16.3. The molecule has 2 heterocycles. The minimum atomic E-state index is 0.105. The molecule has 1 saturated heterocycles. The minimum Gasteiger partial charge on any atom is -0.348 e. The number of nitrogens with zero attached hydrogens (tertiary/aromatic N) is 4. The van der Waals surface area contributed by atoms with Crippen LogP contribution in [0.15, 0.2) is 5.16 Å². The maximum Gasteiger partial charge on any atom is 0.232 e. The fourth-order valence-corrected chi connectivity index (χ4v) is 3.80. The van der Waals surface area contributed by atoms with E-state index < -0.39 is 0 Å². The van der Waals surface area contributed by atoms with Crippen molar-refractivity contribution in [3.05, 3.63) is 5.82 Å². The molecule has 0 bridgehead atoms. The van der Waals surface area contributed by atoms with Crippen LogP contribution in [0.1, 0.15) is 25.6 Å². The molecule has 1 aromatic heterocycles. The van der Waals surface area contributed by atoms with Crippen molar-refractivity contribution in [2.24, 2.45) is 0 Å². The van der Waals surface area contributed by atoms with E-state index in [1.165, 1.54) is 37.7 Å². The second-order valence-electron chi connectivity index (χ2n) is 5.82. The van der Waals surface area contributed by atoms with E-state index >= 15 is 0 Å². The predicted molar refractivity (Wildman–Crippen MR) is 83.6 cm³/mol. The molecule has 1 N–H and O–H groups in total. The van der Waals surface area contributed by atoms with E-state index in [0.717, 1.165) is 17.5 Å². The van der Waals surface area contributed by atoms with E-state index in [1.807, 2.05) is 6.92 Å². The van der Waals surface area contributed by atoms with Crippen molar-refractivity contribution in [1.82, 2.24) is 19.7 Å². The summed E-state index contributed by atoms with van der Waals surface area (Å²) in [6.07, 6.45) is 2.57. The summed E-state index contributed by atoms with van der Waals surface area (Å²) in [6, 6.07) is 0.647. The summed E-state index contributed by atoms with van der Waals surface area (Å²) in [5.41, 5.74) is 0. The van der Waals surface area contributed by atoms with Crippen LogP contribution in [0.3, 0.4) is 0 Å². The van der Waals surface area contributed by atoms with Crippen LogP contribution in [-0.2, 0) is 11.3 Å². The van der Waals surface area contributed by atoms with Crippen LogP contribution < -0.4 is 4.90 Å². The average molecular weight is 312 g/mol. The monoisotopic (exact) mass is 312 g/mol. The summed E-state index contributed by atoms with van der Waals surface area (Å²) in [4.78, 5) is 15.0. The highest BCUT2D eigenvalue weighted by Crippen LogP contribution is 2.18. The molecule has 1 amide bonds. The quantitative estimate of drug-likeness (QED) is 0.741. The molecule has 0 aliphatic carbocycles. The number of aryl methyl sites for hydroxylation is 1. The van der Waals surface area contributed by atoms with Gasteiger partial charge in [-0.15, -0.1) is 10.2 Å². The summed E-state index contributed by atoms with van der Waals surface area (Å²) in [5, 5.41) is 9.29. The van der Waals surface area contributed by atoms with Gasteiger partial charge in [-0.3, -0.25) is 4.79 Å². The molecule has 0 aromatic carbocycles. The zero-order valence-electron chi connectivity index (χ0n) is 13.4. The molecule has 0 radical (unpaired) electrons. The maximum atomic E-state index is 11.7. The number of hydrogen-bond donors (Lipinski definition) is 1. The fraction of sp³-hybridized carbons (Fsp3) is 0.786. The summed E-state index contributed by atoms with van der Waals surface area (Å²) in [5.74, 6) is 1.46. The zero-order chi connectivity index (χ0) is 15.4. The Morgan fingerprint density at radius 1 is 1.48 bits per heavy atom. The number of carbonyl (C=O) groups is 1. The molecule has 1 fully saturated rings. The molecular formula is C14H26N5OS+. The lowest BCUT2D eigenvalue weighted by molar-refractivity contribution is -0.911. The highest BCUT2D eigenvalue weighted by Gasteiger charge is 2.28. The largest absolute Gasteiger partial charge is 0.348 e. The summed E-state index contributed by atoms with van der Waals surface area (Å²) in [7, 11) is 3.56. The lowest BCUT2D eigenvalue weighted by Crippen LogP contribution is -3.13. The van der Waals surface area contributed by atoms with E-state index in [0.29, 0.717) is 11.8 Å². The molecule has 0 saturated carbocycles. The molecule has 6 nitrogen and oxygen atoms in total. The predicted octanol–water partition coefficient (Wildman–Crippen LogP) is -0.166. The van der Waals surface area contributed by atoms with Gasteiger partial charge < -0.3 is 14.4 Å². The van der Waals surface area contributed by atoms with Crippen molar-refractivity contribution in [2.75, 3.05) is 32.9 Å². The topological polar surface area (TPSA) is 55.5 Å². The first-order valence-electron chi connectivity index (χ1n) is 7.60. The Morgan fingerprint density at radius 2 is 2.24 bits per heavy atom. The fourth-order valence-electron chi connectivity index (χ4n) is 2.82. The van der Waals surface area contributed by atoms with E-state index in [9.17, 15) is 4.79 Å². The maximum absolute atomic E-state index is 11.7. The van der Waals surface area contributed by atoms with Gasteiger partial charge in [-0.25, -0.2) is 0 Å². The van der Waals surface area contributed by atoms with Crippen molar-refractivity contribution >= 4 is 17.7 Å². The Labute approximate surface area is 130 Å². The number of carbonyl (C=O) groups excluding carboxylic acids is 1. The van der Waals surface area contributed by atoms with Crippen LogP contribution in [0.25, 0.3) is 0 Å². The van der Waals surface area contributed by atoms with E-state index in [-0.39, 0.29) is 5.91 Å². The van der Waals surface area contributed by atoms with Gasteiger partial charge in [0.25, 0.3) is 0 Å². The van der Waals surface area contributed by atoms with Crippen LogP contribution in [0, 0.1) is 6.92 Å². The summed E-state index contributed by atoms with van der Waals surface area (Å²) in [6.45, 7) is 7.64. The number of likely N-dealkylation sites (N-methyl/N-ethyl adjacent to an activating group) is 1. The molecular weight excluding hydrogens is 286 g/mol. The van der Waals surface area contributed by atoms with E-state index in [4.69, 9.17) is 0 Å². The van der Waals surface area contributed by atoms with Gasteiger partial charge in [0.05, 0.1) is 25.4 Å². The Morgan fingerprint density at radius 3 is 2.90 bits per heavy atom. The van der Waals surface area contributed by atoms with Gasteiger partial charge in [0, 0.05) is 26.9 Å². The molecule has 118 valence electrons. The summed E-state index contributed by atoms with van der Waals surface area (Å²) >= 11 is 1.49. The molecule has 1 aliphatic rings. The zero-order valence-corrected chi connectivity index (χ0v) is 14.2. The van der Waals surface area contributed by atoms with Crippen LogP contribution >= 0.6 is 11.8 Å². The van der Waals surface area contributed by atoms with Crippen LogP contribution in [-0.4, -0.2) is 64.6 Å². The van der Waals surface area contributed by atoms with Gasteiger partial charge in [0.2, 0.25) is 5.91 Å². The first-order chi connectivity index (χ1) is 10.0. The molecule has 2 atom stereocenters. The molecule has 2 rings (SSSR count). The minimum absolute atomic E-state index is 0.105. The van der Waals surface area contributed by atoms with E-state index in [2.05, 4.69) is 21.7 Å². The average Bonchev–Trinajstić information content (AvgIpc) is 3.04. The normalized spacial score (nSPS) is 21.7. The number of likely N-dealkylation sites (tertiary alicyclic amines) is 1. The van der Waals surface area contributed by atoms with Crippen LogP contribution in [0.2, 0.25) is 0 Å². The highest BCUT2D eigenvalue weighted by atomic mass is 32.2. The van der Waals surface area contributed by atoms with Gasteiger partial charge in [0.1, 0.15) is 11.9 Å². The molecule has 1 unspecified atom stereocenters. The van der Waals surface area contributed by atoms with Crippen molar-refractivity contribution in [3.8, 4) is 0 Å². The van der Waals surface area contributed by atoms with Crippen molar-refractivity contribution in [1.29, 1.82) is 0 Å². The second kappa shape index (κ2) is 7.26. The number of amides is 1. The standard InChI is InChI=1S/C14H25N5OS/c1-5-18-8-6-7-12(18)9-19-11(2)15-16-14(19)21-10-13(20)17(3)4/h12H,5-10H2,1-4H3/p+1/t12-/m1/s1. The van der Waals surface area contributed by atoms with Crippen molar-refractivity contribution < 1.29 is 9.69 Å². The van der Waals surface area contributed by atoms with Crippen LogP contribution in [0.4, 0.5) is 0 Å². The molecule has 1 aliphatic heterocycles. The smallest absolute Gasteiger partial charge is 0.232 e. The van der Waals surface area contributed by atoms with Gasteiger partial charge >= 0.3 is 0 Å². The van der Waals surface area contributed by atoms with Gasteiger partial charge in [-0.2, -0.15) is 0 Å². The third-order valence-corrected chi connectivity index (χ3v) is 5.16. The Kier molecular flexibility index (Phi) is 5.64. The molecule has 0 spiro atoms. The SMILES string of the molecule is CC[NH+]1CCC[C@@H]1Cn1c(C)nnc1SCC(=O)N(C)C. The number of aromatic nitrogens is 3.